The fraction of sp³-hybridized carbons (Fsp3) is 0.538. The first-order chi connectivity index (χ1) is 9.02. The number of nitrogen functional groups attached to an aromatic ring is 1. The highest BCUT2D eigenvalue weighted by atomic mass is 19.1. The molecule has 0 amide bonds. The van der Waals surface area contributed by atoms with Gasteiger partial charge in [-0.1, -0.05) is 6.92 Å². The van der Waals surface area contributed by atoms with Gasteiger partial charge in [0.25, 0.3) is 0 Å². The second-order valence-corrected chi connectivity index (χ2v) is 4.73. The van der Waals surface area contributed by atoms with Crippen molar-refractivity contribution in [2.24, 2.45) is 0 Å². The Labute approximate surface area is 111 Å². The molecule has 1 fully saturated rings. The zero-order valence-corrected chi connectivity index (χ0v) is 10.8. The third kappa shape index (κ3) is 2.90. The number of halogens is 1. The Morgan fingerprint density at radius 2 is 2.00 bits per heavy atom. The van der Waals surface area contributed by atoms with Crippen molar-refractivity contribution in [3.05, 3.63) is 17.9 Å². The highest BCUT2D eigenvalue weighted by Gasteiger charge is 2.31. The highest BCUT2D eigenvalue weighted by Crippen LogP contribution is 2.33. The van der Waals surface area contributed by atoms with Gasteiger partial charge in [0.05, 0.1) is 30.2 Å². The number of ether oxygens (including phenoxy) is 1. The topological polar surface area (TPSA) is 79.0 Å². The third-order valence-corrected chi connectivity index (χ3v) is 3.14. The van der Waals surface area contributed by atoms with E-state index in [0.29, 0.717) is 12.3 Å². The molecule has 2 atom stereocenters. The molecule has 1 aliphatic heterocycles. The van der Waals surface area contributed by atoms with Gasteiger partial charge in [0.1, 0.15) is 0 Å². The van der Waals surface area contributed by atoms with Crippen LogP contribution in [0.2, 0.25) is 0 Å². The Morgan fingerprint density at radius 3 is 2.58 bits per heavy atom. The Hall–Kier alpha value is -1.53. The number of nitrogens with zero attached hydrogens (tertiary/aromatic N) is 1. The Bertz CT molecular complexity index is 446. The van der Waals surface area contributed by atoms with Crippen molar-refractivity contribution >= 4 is 11.4 Å². The molecule has 2 rings (SSSR count). The molecular formula is C13H19FN2O3. The number of hydrogen-bond acceptors (Lipinski definition) is 5. The monoisotopic (exact) mass is 270 g/mol. The van der Waals surface area contributed by atoms with Gasteiger partial charge in [-0.25, -0.2) is 4.39 Å². The summed E-state index contributed by atoms with van der Waals surface area (Å²) in [7, 11) is 0. The Balaban J connectivity index is 2.25. The van der Waals surface area contributed by atoms with Crippen LogP contribution in [0.15, 0.2) is 12.1 Å². The minimum atomic E-state index is -0.815. The summed E-state index contributed by atoms with van der Waals surface area (Å²) in [5.41, 5.74) is 6.63. The van der Waals surface area contributed by atoms with Crippen LogP contribution in [0.1, 0.15) is 13.3 Å². The molecule has 106 valence electrons. The smallest absolute Gasteiger partial charge is 0.167 e. The quantitative estimate of drug-likeness (QED) is 0.703. The molecule has 1 heterocycles. The van der Waals surface area contributed by atoms with Gasteiger partial charge in [-0.2, -0.15) is 0 Å². The van der Waals surface area contributed by atoms with Crippen molar-refractivity contribution in [2.75, 3.05) is 30.3 Å². The fourth-order valence-corrected chi connectivity index (χ4v) is 2.12. The Morgan fingerprint density at radius 1 is 1.37 bits per heavy atom. The van der Waals surface area contributed by atoms with Crippen LogP contribution in [0.5, 0.6) is 5.75 Å². The molecule has 0 spiro atoms. The van der Waals surface area contributed by atoms with Crippen LogP contribution >= 0.6 is 0 Å². The van der Waals surface area contributed by atoms with E-state index >= 15 is 0 Å². The first-order valence-corrected chi connectivity index (χ1v) is 6.35. The first kappa shape index (κ1) is 13.9. The zero-order chi connectivity index (χ0) is 14.0. The fourth-order valence-electron chi connectivity index (χ4n) is 2.12. The maximum absolute atomic E-state index is 13.7. The van der Waals surface area contributed by atoms with Crippen molar-refractivity contribution in [1.82, 2.24) is 0 Å². The van der Waals surface area contributed by atoms with Gasteiger partial charge in [-0.15, -0.1) is 0 Å². The number of β-amino-alcohol motifs (C(OH)–C–C–N with tert-alkyl or cyclic N) is 2. The molecule has 1 aromatic rings. The van der Waals surface area contributed by atoms with Gasteiger partial charge in [0.2, 0.25) is 0 Å². The lowest BCUT2D eigenvalue weighted by Crippen LogP contribution is -2.22. The molecule has 0 bridgehead atoms. The van der Waals surface area contributed by atoms with Crippen LogP contribution in [0.25, 0.3) is 0 Å². The molecule has 5 nitrogen and oxygen atoms in total. The summed E-state index contributed by atoms with van der Waals surface area (Å²) in [4.78, 5) is 1.73. The zero-order valence-electron chi connectivity index (χ0n) is 10.8. The lowest BCUT2D eigenvalue weighted by atomic mass is 10.2. The van der Waals surface area contributed by atoms with Crippen molar-refractivity contribution in [3.63, 3.8) is 0 Å². The maximum Gasteiger partial charge on any atom is 0.167 e. The summed E-state index contributed by atoms with van der Waals surface area (Å²) in [5.74, 6) is -0.364. The van der Waals surface area contributed by atoms with E-state index in [0.717, 1.165) is 6.42 Å². The van der Waals surface area contributed by atoms with E-state index in [1.54, 1.807) is 4.90 Å². The molecule has 1 aromatic carbocycles. The van der Waals surface area contributed by atoms with Gasteiger partial charge in [0.15, 0.2) is 11.6 Å². The van der Waals surface area contributed by atoms with Crippen molar-refractivity contribution in [3.8, 4) is 5.75 Å². The molecule has 19 heavy (non-hydrogen) atoms. The number of hydrogen-bond donors (Lipinski definition) is 3. The molecule has 1 saturated heterocycles. The van der Waals surface area contributed by atoms with E-state index in [9.17, 15) is 14.6 Å². The summed E-state index contributed by atoms with van der Waals surface area (Å²) in [6.07, 6.45) is -0.853. The molecule has 1 aliphatic rings. The molecule has 0 radical (unpaired) electrons. The summed E-state index contributed by atoms with van der Waals surface area (Å²) in [5, 5.41) is 19.1. The van der Waals surface area contributed by atoms with Crippen LogP contribution in [-0.2, 0) is 0 Å². The summed E-state index contributed by atoms with van der Waals surface area (Å²) < 4.78 is 19.0. The van der Waals surface area contributed by atoms with Gasteiger partial charge in [0, 0.05) is 25.2 Å². The van der Waals surface area contributed by atoms with Crippen LogP contribution < -0.4 is 15.4 Å². The second-order valence-electron chi connectivity index (χ2n) is 4.73. The highest BCUT2D eigenvalue weighted by molar-refractivity contribution is 5.70. The van der Waals surface area contributed by atoms with Gasteiger partial charge >= 0.3 is 0 Å². The number of rotatable bonds is 4. The van der Waals surface area contributed by atoms with Crippen LogP contribution in [0, 0.1) is 5.82 Å². The van der Waals surface area contributed by atoms with Crippen molar-refractivity contribution in [1.29, 1.82) is 0 Å². The SMILES string of the molecule is CCCOc1cc(N2CC(O)C(O)C2)c(N)cc1F. The number of aliphatic hydroxyl groups excluding tert-OH is 2. The largest absolute Gasteiger partial charge is 0.490 e. The first-order valence-electron chi connectivity index (χ1n) is 6.35. The molecule has 0 saturated carbocycles. The maximum atomic E-state index is 13.7. The van der Waals surface area contributed by atoms with E-state index in [1.165, 1.54) is 12.1 Å². The van der Waals surface area contributed by atoms with Crippen LogP contribution in [-0.4, -0.2) is 42.1 Å². The lowest BCUT2D eigenvalue weighted by molar-refractivity contribution is 0.0572. The molecule has 0 aliphatic carbocycles. The normalized spacial score (nSPS) is 22.8. The summed E-state index contributed by atoms with van der Waals surface area (Å²) in [6, 6.07) is 2.72. The average Bonchev–Trinajstić information content (AvgIpc) is 2.68. The van der Waals surface area contributed by atoms with E-state index < -0.39 is 18.0 Å². The van der Waals surface area contributed by atoms with E-state index in [2.05, 4.69) is 0 Å². The van der Waals surface area contributed by atoms with Gasteiger partial charge in [-0.05, 0) is 6.42 Å². The van der Waals surface area contributed by atoms with Gasteiger partial charge < -0.3 is 25.6 Å². The molecule has 4 N–H and O–H groups in total. The standard InChI is InChI=1S/C13H19FN2O3/c1-2-3-19-13-5-10(9(15)4-8(13)14)16-6-11(17)12(18)7-16/h4-5,11-12,17-18H,2-3,6-7,15H2,1H3. The predicted molar refractivity (Wildman–Crippen MR) is 70.8 cm³/mol. The van der Waals surface area contributed by atoms with Crippen molar-refractivity contribution in [2.45, 2.75) is 25.6 Å². The van der Waals surface area contributed by atoms with E-state index in [-0.39, 0.29) is 24.5 Å². The second kappa shape index (κ2) is 5.63. The van der Waals surface area contributed by atoms with Gasteiger partial charge in [-0.3, -0.25) is 0 Å². The molecular weight excluding hydrogens is 251 g/mol. The summed E-state index contributed by atoms with van der Waals surface area (Å²) in [6.45, 7) is 2.89. The third-order valence-electron chi connectivity index (χ3n) is 3.14. The minimum Gasteiger partial charge on any atom is -0.490 e. The number of aliphatic hydroxyl groups is 2. The number of nitrogens with two attached hydrogens (primary N) is 1. The minimum absolute atomic E-state index is 0.141. The van der Waals surface area contributed by atoms with Crippen molar-refractivity contribution < 1.29 is 19.3 Å². The van der Waals surface area contributed by atoms with Crippen LogP contribution in [0.4, 0.5) is 15.8 Å². The number of anilines is 2. The van der Waals surface area contributed by atoms with E-state index in [1.807, 2.05) is 6.92 Å². The van der Waals surface area contributed by atoms with E-state index in [4.69, 9.17) is 10.5 Å². The average molecular weight is 270 g/mol. The van der Waals surface area contributed by atoms with Crippen LogP contribution in [0.3, 0.4) is 0 Å². The molecule has 6 heteroatoms. The molecule has 2 unspecified atom stereocenters. The Kier molecular flexibility index (Phi) is 4.11. The lowest BCUT2D eigenvalue weighted by Gasteiger charge is -2.21. The predicted octanol–water partition coefficient (Wildman–Crippen LogP) is 0.739. The molecule has 0 aromatic heterocycles. The summed E-state index contributed by atoms with van der Waals surface area (Å²) >= 11 is 0. The number of benzene rings is 1.